The van der Waals surface area contributed by atoms with Crippen LogP contribution in [0.4, 0.5) is 0 Å². The number of thioether (sulfide) groups is 1. The van der Waals surface area contributed by atoms with E-state index in [2.05, 4.69) is 35.5 Å². The van der Waals surface area contributed by atoms with Gasteiger partial charge in [0.2, 0.25) is 0 Å². The van der Waals surface area contributed by atoms with Crippen LogP contribution in [-0.2, 0) is 52.7 Å². The van der Waals surface area contributed by atoms with Crippen LogP contribution in [0.2, 0.25) is 0 Å². The third-order valence-electron chi connectivity index (χ3n) is 5.89. The van der Waals surface area contributed by atoms with Crippen LogP contribution < -0.4 is 0 Å². The van der Waals surface area contributed by atoms with Crippen molar-refractivity contribution in [2.75, 3.05) is 25.6 Å². The van der Waals surface area contributed by atoms with Gasteiger partial charge < -0.3 is 35.0 Å². The van der Waals surface area contributed by atoms with Crippen LogP contribution in [0, 0.1) is 11.8 Å². The Morgan fingerprint density at radius 1 is 1.08 bits per heavy atom. The molecule has 0 amide bonds. The molecular weight excluding hydrogens is 514 g/mol. The summed E-state index contributed by atoms with van der Waals surface area (Å²) in [5, 5.41) is 83.3. The average Bonchev–Trinajstić information content (AvgIpc) is 3.33. The van der Waals surface area contributed by atoms with Gasteiger partial charge in [-0.1, -0.05) is 5.21 Å². The van der Waals surface area contributed by atoms with Crippen molar-refractivity contribution in [3.05, 3.63) is 11.9 Å². The number of hydrogen-bond acceptors (Lipinski definition) is 17. The van der Waals surface area contributed by atoms with Gasteiger partial charge in [-0.15, -0.1) is 16.9 Å². The quantitative estimate of drug-likeness (QED) is 0.0697. The van der Waals surface area contributed by atoms with Crippen LogP contribution in [0.1, 0.15) is 18.5 Å². The van der Waals surface area contributed by atoms with Crippen molar-refractivity contribution in [2.24, 2.45) is 11.8 Å². The molecule has 36 heavy (non-hydrogen) atoms. The lowest BCUT2D eigenvalue weighted by Crippen LogP contribution is -2.57. The highest BCUT2D eigenvalue weighted by Crippen LogP contribution is 2.36. The highest BCUT2D eigenvalue weighted by atomic mass is 32.2. The lowest BCUT2D eigenvalue weighted by Gasteiger charge is -2.40. The van der Waals surface area contributed by atoms with E-state index in [1.54, 1.807) is 10.9 Å². The summed E-state index contributed by atoms with van der Waals surface area (Å²) in [6.07, 6.45) is -2.65. The fraction of sp³-hybridized carbons (Fsp3) is 0.889. The molecule has 0 bridgehead atoms. The second-order valence-corrected chi connectivity index (χ2v) is 9.47. The molecule has 1 aromatic rings. The Bertz CT molecular complexity index is 748. The van der Waals surface area contributed by atoms with Crippen molar-refractivity contribution in [2.45, 2.75) is 61.9 Å². The van der Waals surface area contributed by atoms with Gasteiger partial charge in [-0.2, -0.15) is 0 Å². The Labute approximate surface area is 208 Å². The molecule has 1 saturated heterocycles. The molecule has 1 aromatic heterocycles. The van der Waals surface area contributed by atoms with Gasteiger partial charge in [-0.3, -0.25) is 4.68 Å². The van der Waals surface area contributed by atoms with Crippen LogP contribution in [0.15, 0.2) is 6.20 Å². The van der Waals surface area contributed by atoms with Gasteiger partial charge in [0.15, 0.2) is 0 Å². The lowest BCUT2D eigenvalue weighted by atomic mass is 9.71. The Morgan fingerprint density at radius 3 is 2.64 bits per heavy atom. The van der Waals surface area contributed by atoms with Gasteiger partial charge in [0, 0.05) is 19.1 Å². The number of rotatable bonds is 17. The third-order valence-corrected chi connectivity index (χ3v) is 7.13. The van der Waals surface area contributed by atoms with Gasteiger partial charge in [-0.25, -0.2) is 10.1 Å². The van der Waals surface area contributed by atoms with Crippen molar-refractivity contribution < 1.29 is 70.3 Å². The van der Waals surface area contributed by atoms with E-state index >= 15 is 0 Å². The molecule has 2 aliphatic rings. The highest BCUT2D eigenvalue weighted by Gasteiger charge is 2.43. The van der Waals surface area contributed by atoms with Gasteiger partial charge >= 0.3 is 0 Å². The van der Waals surface area contributed by atoms with Gasteiger partial charge in [0.05, 0.1) is 32.1 Å². The standard InChI is InChI=1S/C18H31N3O14S/c22-7-14-15(24)16(25)17(26)18(30-14)36-3-1-2-28-9-11-5-21(20-19-11)6-12-10(4-13(12)23)8-29-32-34-35-33-31-27/h5,10,12-18,22-27H,1-4,6-9H2. The smallest absolute Gasteiger partial charge is 0.132 e. The Kier molecular flexibility index (Phi) is 12.6. The van der Waals surface area contributed by atoms with E-state index in [0.717, 1.165) is 0 Å². The lowest BCUT2D eigenvalue weighted by molar-refractivity contribution is -0.787. The molecule has 6 N–H and O–H groups in total. The first kappa shape index (κ1) is 29.5. The first-order valence-corrected chi connectivity index (χ1v) is 12.2. The molecule has 208 valence electrons. The maximum Gasteiger partial charge on any atom is 0.132 e. The fourth-order valence-corrected chi connectivity index (χ4v) is 4.96. The summed E-state index contributed by atoms with van der Waals surface area (Å²) in [4.78, 5) is 4.76. The summed E-state index contributed by atoms with van der Waals surface area (Å²) in [7, 11) is 0. The summed E-state index contributed by atoms with van der Waals surface area (Å²) in [6, 6.07) is 0. The number of aromatic nitrogens is 3. The van der Waals surface area contributed by atoms with E-state index < -0.39 is 42.6 Å². The van der Waals surface area contributed by atoms with Crippen molar-refractivity contribution in [1.82, 2.24) is 15.0 Å². The molecule has 0 radical (unpaired) electrons. The number of aliphatic hydroxyl groups is 5. The van der Waals surface area contributed by atoms with Crippen molar-refractivity contribution >= 4 is 11.8 Å². The Hall–Kier alpha value is -1.07. The van der Waals surface area contributed by atoms with E-state index in [9.17, 15) is 25.5 Å². The largest absolute Gasteiger partial charge is 0.394 e. The summed E-state index contributed by atoms with van der Waals surface area (Å²) in [6.45, 7) is 0.666. The number of nitrogens with zero attached hydrogens (tertiary/aromatic N) is 3. The van der Waals surface area contributed by atoms with E-state index in [0.29, 0.717) is 37.4 Å². The van der Waals surface area contributed by atoms with Gasteiger partial charge in [0.1, 0.15) is 35.5 Å². The molecule has 8 unspecified atom stereocenters. The predicted octanol–water partition coefficient (Wildman–Crippen LogP) is -2.14. The molecule has 1 aliphatic heterocycles. The van der Waals surface area contributed by atoms with E-state index in [1.165, 1.54) is 11.8 Å². The maximum atomic E-state index is 10.0. The van der Waals surface area contributed by atoms with Crippen LogP contribution in [0.3, 0.4) is 0 Å². The summed E-state index contributed by atoms with van der Waals surface area (Å²) >= 11 is 1.26. The van der Waals surface area contributed by atoms with Crippen LogP contribution in [0.5, 0.6) is 0 Å². The van der Waals surface area contributed by atoms with Crippen molar-refractivity contribution in [1.29, 1.82) is 0 Å². The normalized spacial score (nSPS) is 32.5. The van der Waals surface area contributed by atoms with E-state index in [1.807, 2.05) is 0 Å². The van der Waals surface area contributed by atoms with Crippen LogP contribution in [-0.4, -0.2) is 107 Å². The topological polar surface area (TPSA) is 226 Å². The second-order valence-electron chi connectivity index (χ2n) is 8.26. The molecule has 2 fully saturated rings. The van der Waals surface area contributed by atoms with Gasteiger partial charge in [0.25, 0.3) is 0 Å². The van der Waals surface area contributed by atoms with Crippen molar-refractivity contribution in [3.8, 4) is 0 Å². The number of ether oxygens (including phenoxy) is 2. The number of aliphatic hydroxyl groups excluding tert-OH is 5. The Morgan fingerprint density at radius 2 is 1.89 bits per heavy atom. The molecule has 8 atom stereocenters. The van der Waals surface area contributed by atoms with E-state index in [-0.39, 0.29) is 25.0 Å². The van der Waals surface area contributed by atoms with Crippen LogP contribution in [0.25, 0.3) is 0 Å². The monoisotopic (exact) mass is 545 g/mol. The molecule has 0 aromatic carbocycles. The number of hydrogen-bond donors (Lipinski definition) is 6. The molecule has 0 spiro atoms. The molecule has 1 saturated carbocycles. The Balaban J connectivity index is 1.28. The minimum Gasteiger partial charge on any atom is -0.394 e. The highest BCUT2D eigenvalue weighted by molar-refractivity contribution is 7.99. The minimum atomic E-state index is -1.39. The molecule has 1 aliphatic carbocycles. The second kappa shape index (κ2) is 15.4. The first-order chi connectivity index (χ1) is 17.4. The molecule has 17 nitrogen and oxygen atoms in total. The summed E-state index contributed by atoms with van der Waals surface area (Å²) in [5.74, 6) is 0.367. The van der Waals surface area contributed by atoms with Gasteiger partial charge in [-0.05, 0) is 49.7 Å². The molecular formula is C18H31N3O14S. The molecule has 18 heteroatoms. The van der Waals surface area contributed by atoms with Crippen molar-refractivity contribution in [3.63, 3.8) is 0 Å². The average molecular weight is 546 g/mol. The van der Waals surface area contributed by atoms with E-state index in [4.69, 9.17) is 19.6 Å². The first-order valence-electron chi connectivity index (χ1n) is 11.1. The fourth-order valence-electron chi connectivity index (χ4n) is 3.86. The molecule has 3 rings (SSSR count). The maximum absolute atomic E-state index is 10.0. The zero-order valence-corrected chi connectivity index (χ0v) is 19.9. The molecule has 2 heterocycles. The third kappa shape index (κ3) is 8.48. The SMILES string of the molecule is OCC1OC(SCCCOCc2cn(CC3C(O)CC3COOOOOOO)nn2)C(O)C(O)C1O. The summed E-state index contributed by atoms with van der Waals surface area (Å²) in [5.41, 5.74) is -0.156. The zero-order valence-electron chi connectivity index (χ0n) is 19.1. The minimum absolute atomic E-state index is 0.0382. The summed E-state index contributed by atoms with van der Waals surface area (Å²) < 4.78 is 12.6. The van der Waals surface area contributed by atoms with Crippen LogP contribution >= 0.6 is 11.8 Å². The zero-order chi connectivity index (χ0) is 25.9. The predicted molar refractivity (Wildman–Crippen MR) is 112 cm³/mol.